The Kier molecular flexibility index (Phi) is 4.45. The van der Waals surface area contributed by atoms with Crippen LogP contribution in [-0.4, -0.2) is 24.8 Å². The van der Waals surface area contributed by atoms with Gasteiger partial charge in [0.15, 0.2) is 5.78 Å². The van der Waals surface area contributed by atoms with Crippen molar-refractivity contribution in [3.63, 3.8) is 0 Å². The third-order valence-electron chi connectivity index (χ3n) is 4.70. The van der Waals surface area contributed by atoms with Gasteiger partial charge in [0, 0.05) is 28.6 Å². The Hall–Kier alpha value is -2.14. The summed E-state index contributed by atoms with van der Waals surface area (Å²) in [6.07, 6.45) is 0.622. The number of hydrogen-bond acceptors (Lipinski definition) is 4. The van der Waals surface area contributed by atoms with Crippen LogP contribution in [0.2, 0.25) is 5.02 Å². The number of Topliss-reactive ketones (excluding diaryl/α,β-unsaturated/α-hetero) is 1. The van der Waals surface area contributed by atoms with Crippen LogP contribution in [0.4, 0.5) is 0 Å². The van der Waals surface area contributed by atoms with Gasteiger partial charge >= 0.3 is 5.97 Å². The summed E-state index contributed by atoms with van der Waals surface area (Å²) in [6.45, 7) is 1.82. The van der Waals surface area contributed by atoms with Crippen molar-refractivity contribution in [2.45, 2.75) is 25.7 Å². The van der Waals surface area contributed by atoms with E-state index in [4.69, 9.17) is 16.3 Å². The first-order valence-electron chi connectivity index (χ1n) is 7.82. The van der Waals surface area contributed by atoms with Crippen molar-refractivity contribution in [2.24, 2.45) is 11.8 Å². The van der Waals surface area contributed by atoms with Crippen LogP contribution in [0.1, 0.15) is 31.2 Å². The Balaban J connectivity index is 2.08. The Morgan fingerprint density at radius 1 is 1.29 bits per heavy atom. The number of methoxy groups -OCH3 is 1. The fraction of sp³-hybridized carbons (Fsp3) is 0.389. The smallest absolute Gasteiger partial charge is 0.316 e. The molecule has 126 valence electrons. The van der Waals surface area contributed by atoms with Crippen molar-refractivity contribution in [3.8, 4) is 0 Å². The molecule has 2 aliphatic rings. The summed E-state index contributed by atoms with van der Waals surface area (Å²) in [5, 5.41) is 3.35. The van der Waals surface area contributed by atoms with Gasteiger partial charge in [-0.2, -0.15) is 0 Å². The van der Waals surface area contributed by atoms with E-state index in [2.05, 4.69) is 5.32 Å². The van der Waals surface area contributed by atoms with Crippen LogP contribution < -0.4 is 5.32 Å². The summed E-state index contributed by atoms with van der Waals surface area (Å²) in [7, 11) is 1.28. The van der Waals surface area contributed by atoms with Gasteiger partial charge in [-0.05, 0) is 30.0 Å². The first kappa shape index (κ1) is 16.7. The number of ketones is 1. The van der Waals surface area contributed by atoms with E-state index in [1.807, 2.05) is 13.0 Å². The quantitative estimate of drug-likeness (QED) is 0.659. The average Bonchev–Trinajstić information content (AvgIpc) is 2.53. The first-order valence-corrected chi connectivity index (χ1v) is 8.20. The van der Waals surface area contributed by atoms with Gasteiger partial charge in [0.1, 0.15) is 5.92 Å². The van der Waals surface area contributed by atoms with Gasteiger partial charge in [0.25, 0.3) is 0 Å². The SMILES string of the molecule is COC(=O)[C@@H]1C(=O)C2=C(C[C@H]1C)NC(=O)C[C@H]2c1cccc(Cl)c1. The minimum Gasteiger partial charge on any atom is -0.468 e. The van der Waals surface area contributed by atoms with Crippen LogP contribution >= 0.6 is 11.6 Å². The molecule has 0 saturated carbocycles. The van der Waals surface area contributed by atoms with Gasteiger partial charge < -0.3 is 10.1 Å². The summed E-state index contributed by atoms with van der Waals surface area (Å²) in [6, 6.07) is 7.13. The van der Waals surface area contributed by atoms with Crippen molar-refractivity contribution in [1.82, 2.24) is 5.32 Å². The summed E-state index contributed by atoms with van der Waals surface area (Å²) >= 11 is 6.06. The van der Waals surface area contributed by atoms with E-state index >= 15 is 0 Å². The second-order valence-corrected chi connectivity index (χ2v) is 6.74. The highest BCUT2D eigenvalue weighted by atomic mass is 35.5. The highest BCUT2D eigenvalue weighted by molar-refractivity contribution is 6.30. The lowest BCUT2D eigenvalue weighted by Gasteiger charge is -2.36. The first-order chi connectivity index (χ1) is 11.4. The van der Waals surface area contributed by atoms with E-state index in [0.717, 1.165) is 5.56 Å². The zero-order valence-electron chi connectivity index (χ0n) is 13.5. The minimum atomic E-state index is -0.828. The van der Waals surface area contributed by atoms with Gasteiger partial charge in [-0.15, -0.1) is 0 Å². The number of hydrogen-bond donors (Lipinski definition) is 1. The molecule has 1 aromatic carbocycles. The molecule has 0 bridgehead atoms. The number of allylic oxidation sites excluding steroid dienone is 2. The van der Waals surface area contributed by atoms with Crippen LogP contribution in [0.3, 0.4) is 0 Å². The Morgan fingerprint density at radius 2 is 2.04 bits per heavy atom. The molecule has 0 fully saturated rings. The Labute approximate surface area is 145 Å². The monoisotopic (exact) mass is 347 g/mol. The molecule has 0 saturated heterocycles. The van der Waals surface area contributed by atoms with Crippen molar-refractivity contribution in [1.29, 1.82) is 0 Å². The van der Waals surface area contributed by atoms with Crippen LogP contribution in [0, 0.1) is 11.8 Å². The predicted octanol–water partition coefficient (Wildman–Crippen LogP) is 2.60. The lowest BCUT2D eigenvalue weighted by molar-refractivity contribution is -0.151. The molecule has 1 aliphatic carbocycles. The Morgan fingerprint density at radius 3 is 2.71 bits per heavy atom. The fourth-order valence-corrected chi connectivity index (χ4v) is 3.80. The van der Waals surface area contributed by atoms with E-state index in [0.29, 0.717) is 22.7 Å². The van der Waals surface area contributed by atoms with Gasteiger partial charge in [0.05, 0.1) is 7.11 Å². The van der Waals surface area contributed by atoms with Gasteiger partial charge in [-0.3, -0.25) is 14.4 Å². The molecule has 0 unspecified atom stereocenters. The topological polar surface area (TPSA) is 72.5 Å². The molecule has 0 radical (unpaired) electrons. The maximum Gasteiger partial charge on any atom is 0.316 e. The molecule has 3 atom stereocenters. The second kappa shape index (κ2) is 6.40. The number of carbonyl (C=O) groups is 3. The van der Waals surface area contributed by atoms with Crippen LogP contribution in [-0.2, 0) is 19.1 Å². The van der Waals surface area contributed by atoms with E-state index in [1.54, 1.807) is 18.2 Å². The molecule has 1 heterocycles. The third-order valence-corrected chi connectivity index (χ3v) is 4.94. The molecule has 1 aliphatic heterocycles. The summed E-state index contributed by atoms with van der Waals surface area (Å²) in [5.41, 5.74) is 1.93. The van der Waals surface area contributed by atoms with Crippen molar-refractivity contribution in [2.75, 3.05) is 7.11 Å². The number of rotatable bonds is 2. The van der Waals surface area contributed by atoms with Gasteiger partial charge in [0.2, 0.25) is 5.91 Å². The molecular formula is C18H18ClNO4. The number of esters is 1. The lowest BCUT2D eigenvalue weighted by Crippen LogP contribution is -2.44. The molecule has 1 aromatic rings. The maximum atomic E-state index is 13.0. The number of benzene rings is 1. The van der Waals surface area contributed by atoms with Gasteiger partial charge in [-0.1, -0.05) is 30.7 Å². The molecule has 3 rings (SSSR count). The van der Waals surface area contributed by atoms with Crippen LogP contribution in [0.25, 0.3) is 0 Å². The molecular weight excluding hydrogens is 330 g/mol. The zero-order chi connectivity index (χ0) is 17.4. The second-order valence-electron chi connectivity index (χ2n) is 6.30. The minimum absolute atomic E-state index is 0.129. The zero-order valence-corrected chi connectivity index (χ0v) is 14.2. The average molecular weight is 348 g/mol. The van der Waals surface area contributed by atoms with E-state index < -0.39 is 11.9 Å². The van der Waals surface area contributed by atoms with E-state index in [-0.39, 0.29) is 29.9 Å². The Bertz CT molecular complexity index is 755. The van der Waals surface area contributed by atoms with Gasteiger partial charge in [-0.25, -0.2) is 0 Å². The van der Waals surface area contributed by atoms with E-state index in [1.165, 1.54) is 7.11 Å². The number of amides is 1. The molecule has 6 heteroatoms. The van der Waals surface area contributed by atoms with Crippen LogP contribution in [0.15, 0.2) is 35.5 Å². The largest absolute Gasteiger partial charge is 0.468 e. The molecule has 1 N–H and O–H groups in total. The molecule has 5 nitrogen and oxygen atoms in total. The number of nitrogens with one attached hydrogen (secondary N) is 1. The van der Waals surface area contributed by atoms with Crippen molar-refractivity contribution >= 4 is 29.3 Å². The highest BCUT2D eigenvalue weighted by Gasteiger charge is 2.45. The summed E-state index contributed by atoms with van der Waals surface area (Å²) in [5.74, 6) is -2.36. The number of halogens is 1. The molecule has 0 spiro atoms. The fourth-order valence-electron chi connectivity index (χ4n) is 3.61. The van der Waals surface area contributed by atoms with Crippen molar-refractivity contribution in [3.05, 3.63) is 46.1 Å². The highest BCUT2D eigenvalue weighted by Crippen LogP contribution is 2.42. The standard InChI is InChI=1S/C18H18ClNO4/c1-9-6-13-16(17(22)15(9)18(23)24-2)12(8-14(21)20-13)10-4-3-5-11(19)7-10/h3-5,7,9,12,15H,6,8H2,1-2H3,(H,20,21)/t9-,12+,15+/m1/s1. The molecule has 24 heavy (non-hydrogen) atoms. The third kappa shape index (κ3) is 2.84. The lowest BCUT2D eigenvalue weighted by atomic mass is 9.70. The van der Waals surface area contributed by atoms with Crippen molar-refractivity contribution < 1.29 is 19.1 Å². The summed E-state index contributed by atoms with van der Waals surface area (Å²) < 4.78 is 4.80. The molecule has 1 amide bonds. The van der Waals surface area contributed by atoms with Crippen LogP contribution in [0.5, 0.6) is 0 Å². The van der Waals surface area contributed by atoms with E-state index in [9.17, 15) is 14.4 Å². The summed E-state index contributed by atoms with van der Waals surface area (Å²) in [4.78, 5) is 37.1. The number of ether oxygens (including phenoxy) is 1. The maximum absolute atomic E-state index is 13.0. The molecule has 0 aromatic heterocycles. The predicted molar refractivity (Wildman–Crippen MR) is 88.3 cm³/mol. The number of carbonyl (C=O) groups excluding carboxylic acids is 3. The normalized spacial score (nSPS) is 26.7.